The Bertz CT molecular complexity index is 250. The van der Waals surface area contributed by atoms with Gasteiger partial charge in [-0.25, -0.2) is 0 Å². The molecule has 68 valence electrons. The molecule has 0 aliphatic carbocycles. The van der Waals surface area contributed by atoms with E-state index in [0.717, 1.165) is 13.0 Å². The lowest BCUT2D eigenvalue weighted by molar-refractivity contribution is 0.546. The molecule has 0 atom stereocenters. The molecule has 2 heteroatoms. The Labute approximate surface area is 78.6 Å². The van der Waals surface area contributed by atoms with E-state index in [9.17, 15) is 0 Å². The normalized spacial score (nSPS) is 12.0. The highest BCUT2D eigenvalue weighted by Crippen LogP contribution is 2.30. The molecule has 0 spiro atoms. The Hall–Kier alpha value is -0.340. The number of nitrogens with two attached hydrogens (primary N) is 1. The summed E-state index contributed by atoms with van der Waals surface area (Å²) in [6.07, 6.45) is 1.11. The van der Waals surface area contributed by atoms with Gasteiger partial charge >= 0.3 is 0 Å². The summed E-state index contributed by atoms with van der Waals surface area (Å²) in [7, 11) is 0. The third-order valence-electron chi connectivity index (χ3n) is 2.25. The summed E-state index contributed by atoms with van der Waals surface area (Å²) in [5.74, 6) is 0. The molecule has 0 aromatic carbocycles. The number of thiophene rings is 1. The summed E-state index contributed by atoms with van der Waals surface area (Å²) in [5, 5.41) is 2.16. The van der Waals surface area contributed by atoms with Crippen LogP contribution in [-0.2, 0) is 11.8 Å². The van der Waals surface area contributed by atoms with Crippen LogP contribution in [0.15, 0.2) is 11.4 Å². The summed E-state index contributed by atoms with van der Waals surface area (Å²) in [5.41, 5.74) is 7.33. The number of hydrogen-bond acceptors (Lipinski definition) is 2. The molecule has 1 nitrogen and oxygen atoms in total. The largest absolute Gasteiger partial charge is 0.330 e. The first-order valence-corrected chi connectivity index (χ1v) is 5.26. The van der Waals surface area contributed by atoms with E-state index in [0.29, 0.717) is 0 Å². The first-order chi connectivity index (χ1) is 5.61. The standard InChI is InChI=1S/C10H17NS/c1-4-8-5-6-12-9(8)10(2,3)7-11/h5-6H,4,7,11H2,1-3H3. The minimum Gasteiger partial charge on any atom is -0.330 e. The van der Waals surface area contributed by atoms with Gasteiger partial charge in [-0.1, -0.05) is 20.8 Å². The van der Waals surface area contributed by atoms with Crippen LogP contribution in [0.2, 0.25) is 0 Å². The number of rotatable bonds is 3. The van der Waals surface area contributed by atoms with Crippen molar-refractivity contribution in [1.82, 2.24) is 0 Å². The maximum atomic E-state index is 5.73. The Balaban J connectivity index is 3.00. The Morgan fingerprint density at radius 3 is 2.67 bits per heavy atom. The van der Waals surface area contributed by atoms with E-state index in [1.165, 1.54) is 10.4 Å². The van der Waals surface area contributed by atoms with Gasteiger partial charge in [0.15, 0.2) is 0 Å². The van der Waals surface area contributed by atoms with Crippen LogP contribution < -0.4 is 5.73 Å². The topological polar surface area (TPSA) is 26.0 Å². The van der Waals surface area contributed by atoms with E-state index in [1.807, 2.05) is 11.3 Å². The fourth-order valence-corrected chi connectivity index (χ4v) is 2.44. The zero-order valence-corrected chi connectivity index (χ0v) is 8.87. The minimum absolute atomic E-state index is 0.152. The van der Waals surface area contributed by atoms with Crippen molar-refractivity contribution >= 4 is 11.3 Å². The first-order valence-electron chi connectivity index (χ1n) is 4.38. The third kappa shape index (κ3) is 1.70. The molecule has 0 aliphatic rings. The van der Waals surface area contributed by atoms with Crippen LogP contribution in [-0.4, -0.2) is 6.54 Å². The first kappa shape index (κ1) is 9.75. The lowest BCUT2D eigenvalue weighted by Crippen LogP contribution is -2.27. The Kier molecular flexibility index (Phi) is 2.91. The highest BCUT2D eigenvalue weighted by atomic mass is 32.1. The molecule has 0 bridgehead atoms. The van der Waals surface area contributed by atoms with E-state index >= 15 is 0 Å². The fraction of sp³-hybridized carbons (Fsp3) is 0.600. The van der Waals surface area contributed by atoms with Crippen molar-refractivity contribution in [3.8, 4) is 0 Å². The van der Waals surface area contributed by atoms with Crippen LogP contribution in [0.3, 0.4) is 0 Å². The van der Waals surface area contributed by atoms with Crippen molar-refractivity contribution in [3.05, 3.63) is 21.9 Å². The van der Waals surface area contributed by atoms with Crippen LogP contribution in [0.25, 0.3) is 0 Å². The van der Waals surface area contributed by atoms with Crippen LogP contribution in [0.1, 0.15) is 31.2 Å². The summed E-state index contributed by atoms with van der Waals surface area (Å²) in [6.45, 7) is 7.33. The quantitative estimate of drug-likeness (QED) is 0.765. The Morgan fingerprint density at radius 2 is 2.17 bits per heavy atom. The van der Waals surface area contributed by atoms with Crippen LogP contribution in [0.4, 0.5) is 0 Å². The van der Waals surface area contributed by atoms with Gasteiger partial charge in [-0.3, -0.25) is 0 Å². The molecule has 12 heavy (non-hydrogen) atoms. The van der Waals surface area contributed by atoms with Gasteiger partial charge in [-0.15, -0.1) is 11.3 Å². The molecule has 0 radical (unpaired) electrons. The van der Waals surface area contributed by atoms with Crippen molar-refractivity contribution in [2.45, 2.75) is 32.6 Å². The molecule has 0 saturated heterocycles. The molecule has 2 N–H and O–H groups in total. The van der Waals surface area contributed by atoms with Gasteiger partial charge in [-0.05, 0) is 23.4 Å². The molecule has 1 rings (SSSR count). The maximum absolute atomic E-state index is 5.73. The second-order valence-electron chi connectivity index (χ2n) is 3.72. The second kappa shape index (κ2) is 3.58. The van der Waals surface area contributed by atoms with Crippen LogP contribution in [0.5, 0.6) is 0 Å². The fourth-order valence-electron chi connectivity index (χ4n) is 1.30. The van der Waals surface area contributed by atoms with Crippen molar-refractivity contribution in [3.63, 3.8) is 0 Å². The van der Waals surface area contributed by atoms with Gasteiger partial charge in [0.25, 0.3) is 0 Å². The molecule has 0 saturated carbocycles. The summed E-state index contributed by atoms with van der Waals surface area (Å²) in [4.78, 5) is 1.45. The smallest absolute Gasteiger partial charge is 0.0146 e. The van der Waals surface area contributed by atoms with E-state index in [2.05, 4.69) is 32.2 Å². The molecular formula is C10H17NS. The molecule has 1 aromatic heterocycles. The van der Waals surface area contributed by atoms with Gasteiger partial charge in [0.2, 0.25) is 0 Å². The third-order valence-corrected chi connectivity index (χ3v) is 3.58. The van der Waals surface area contributed by atoms with Gasteiger partial charge < -0.3 is 5.73 Å². The summed E-state index contributed by atoms with van der Waals surface area (Å²) >= 11 is 1.83. The minimum atomic E-state index is 0.152. The molecule has 0 unspecified atom stereocenters. The van der Waals surface area contributed by atoms with Crippen molar-refractivity contribution in [2.75, 3.05) is 6.54 Å². The van der Waals surface area contributed by atoms with Crippen LogP contribution in [0, 0.1) is 0 Å². The van der Waals surface area contributed by atoms with Gasteiger partial charge in [0.05, 0.1) is 0 Å². The van der Waals surface area contributed by atoms with Crippen molar-refractivity contribution in [1.29, 1.82) is 0 Å². The predicted octanol–water partition coefficient (Wildman–Crippen LogP) is 2.55. The molecule has 1 heterocycles. The van der Waals surface area contributed by atoms with E-state index in [-0.39, 0.29) is 5.41 Å². The zero-order chi connectivity index (χ0) is 9.19. The maximum Gasteiger partial charge on any atom is 0.0146 e. The predicted molar refractivity (Wildman–Crippen MR) is 55.8 cm³/mol. The Morgan fingerprint density at radius 1 is 1.50 bits per heavy atom. The van der Waals surface area contributed by atoms with Gasteiger partial charge in [0, 0.05) is 16.8 Å². The average molecular weight is 183 g/mol. The molecular weight excluding hydrogens is 166 g/mol. The van der Waals surface area contributed by atoms with Gasteiger partial charge in [0.1, 0.15) is 0 Å². The van der Waals surface area contributed by atoms with E-state index in [1.54, 1.807) is 0 Å². The second-order valence-corrected chi connectivity index (χ2v) is 4.63. The van der Waals surface area contributed by atoms with Crippen molar-refractivity contribution in [2.24, 2.45) is 5.73 Å². The SMILES string of the molecule is CCc1ccsc1C(C)(C)CN. The number of aryl methyl sites for hydroxylation is 1. The van der Waals surface area contributed by atoms with Gasteiger partial charge in [-0.2, -0.15) is 0 Å². The van der Waals surface area contributed by atoms with E-state index < -0.39 is 0 Å². The molecule has 0 aliphatic heterocycles. The molecule has 0 fully saturated rings. The number of hydrogen-bond donors (Lipinski definition) is 1. The molecule has 0 amide bonds. The summed E-state index contributed by atoms with van der Waals surface area (Å²) < 4.78 is 0. The lowest BCUT2D eigenvalue weighted by atomic mass is 9.89. The van der Waals surface area contributed by atoms with E-state index in [4.69, 9.17) is 5.73 Å². The lowest BCUT2D eigenvalue weighted by Gasteiger charge is -2.22. The zero-order valence-electron chi connectivity index (χ0n) is 8.05. The highest BCUT2D eigenvalue weighted by molar-refractivity contribution is 7.10. The summed E-state index contributed by atoms with van der Waals surface area (Å²) in [6, 6.07) is 2.21. The average Bonchev–Trinajstić information content (AvgIpc) is 2.52. The highest BCUT2D eigenvalue weighted by Gasteiger charge is 2.22. The van der Waals surface area contributed by atoms with Crippen LogP contribution >= 0.6 is 11.3 Å². The van der Waals surface area contributed by atoms with Crippen molar-refractivity contribution < 1.29 is 0 Å². The monoisotopic (exact) mass is 183 g/mol. The molecule has 1 aromatic rings.